The number of nitrogens with zero attached hydrogens (tertiary/aromatic N) is 1. The first-order chi connectivity index (χ1) is 9.22. The van der Waals surface area contributed by atoms with Crippen LogP contribution in [0, 0.1) is 0 Å². The largest absolute Gasteiger partial charge is 0.392 e. The van der Waals surface area contributed by atoms with Crippen molar-refractivity contribution >= 4 is 11.6 Å². The molecule has 0 aliphatic rings. The summed E-state index contributed by atoms with van der Waals surface area (Å²) in [5.41, 5.74) is 2.11. The van der Waals surface area contributed by atoms with E-state index in [-0.39, 0.29) is 5.92 Å². The average Bonchev–Trinajstić information content (AvgIpc) is 2.43. The Labute approximate surface area is 119 Å². The third-order valence-corrected chi connectivity index (χ3v) is 3.76. The van der Waals surface area contributed by atoms with Crippen LogP contribution in [0.3, 0.4) is 0 Å². The lowest BCUT2D eigenvalue weighted by molar-refractivity contribution is 0.141. The number of hydrogen-bond donors (Lipinski definition) is 1. The van der Waals surface area contributed by atoms with Gasteiger partial charge in [-0.3, -0.25) is 4.98 Å². The van der Waals surface area contributed by atoms with Crippen LogP contribution in [0.1, 0.15) is 30.4 Å². The third kappa shape index (κ3) is 3.55. The molecule has 2 atom stereocenters. The van der Waals surface area contributed by atoms with Crippen LogP contribution in [0.5, 0.6) is 0 Å². The minimum absolute atomic E-state index is 0.130. The van der Waals surface area contributed by atoms with Gasteiger partial charge in [0.05, 0.1) is 11.1 Å². The van der Waals surface area contributed by atoms with Crippen molar-refractivity contribution in [2.75, 3.05) is 0 Å². The highest BCUT2D eigenvalue weighted by Gasteiger charge is 2.20. The molecule has 0 aliphatic heterocycles. The Morgan fingerprint density at radius 1 is 1.21 bits per heavy atom. The number of halogens is 1. The van der Waals surface area contributed by atoms with Crippen molar-refractivity contribution in [3.8, 4) is 0 Å². The molecule has 3 heteroatoms. The Morgan fingerprint density at radius 2 is 1.95 bits per heavy atom. The lowest BCUT2D eigenvalue weighted by atomic mass is 9.88. The maximum atomic E-state index is 10.5. The topological polar surface area (TPSA) is 33.1 Å². The molecule has 0 saturated carbocycles. The Kier molecular flexibility index (Phi) is 4.94. The van der Waals surface area contributed by atoms with Crippen molar-refractivity contribution in [2.24, 2.45) is 0 Å². The van der Waals surface area contributed by atoms with Crippen molar-refractivity contribution in [2.45, 2.75) is 31.8 Å². The molecule has 1 aromatic carbocycles. The van der Waals surface area contributed by atoms with E-state index in [1.807, 2.05) is 24.3 Å². The lowest BCUT2D eigenvalue weighted by Gasteiger charge is -2.22. The first-order valence-corrected chi connectivity index (χ1v) is 6.91. The van der Waals surface area contributed by atoms with Crippen molar-refractivity contribution in [3.05, 3.63) is 64.9 Å². The standard InChI is InChI=1S/C16H18ClNO/c1-2-14(12-6-4-3-5-7-12)16(19)10-13-8-9-18-11-15(13)17/h3-9,11,14,16,19H,2,10H2,1H3. The van der Waals surface area contributed by atoms with Gasteiger partial charge in [-0.15, -0.1) is 0 Å². The summed E-state index contributed by atoms with van der Waals surface area (Å²) in [5.74, 6) is 0.130. The molecule has 1 heterocycles. The zero-order valence-electron chi connectivity index (χ0n) is 11.0. The number of aliphatic hydroxyl groups excluding tert-OH is 1. The van der Waals surface area contributed by atoms with Gasteiger partial charge in [0.1, 0.15) is 0 Å². The van der Waals surface area contributed by atoms with Gasteiger partial charge in [-0.1, -0.05) is 48.9 Å². The van der Waals surface area contributed by atoms with Gasteiger partial charge in [-0.2, -0.15) is 0 Å². The number of pyridine rings is 1. The van der Waals surface area contributed by atoms with Crippen LogP contribution in [0.15, 0.2) is 48.8 Å². The molecule has 0 bridgehead atoms. The number of benzene rings is 1. The maximum Gasteiger partial charge on any atom is 0.0649 e. The SMILES string of the molecule is CCC(c1ccccc1)C(O)Cc1ccncc1Cl. The van der Waals surface area contributed by atoms with Crippen LogP contribution in [0.4, 0.5) is 0 Å². The number of hydrogen-bond acceptors (Lipinski definition) is 2. The molecule has 0 radical (unpaired) electrons. The molecule has 100 valence electrons. The highest BCUT2D eigenvalue weighted by Crippen LogP contribution is 2.27. The molecule has 1 aromatic heterocycles. The summed E-state index contributed by atoms with van der Waals surface area (Å²) in [5, 5.41) is 11.1. The second-order valence-electron chi connectivity index (χ2n) is 4.66. The maximum absolute atomic E-state index is 10.5. The fourth-order valence-corrected chi connectivity index (χ4v) is 2.56. The summed E-state index contributed by atoms with van der Waals surface area (Å²) in [7, 11) is 0. The van der Waals surface area contributed by atoms with Crippen molar-refractivity contribution in [1.29, 1.82) is 0 Å². The summed E-state index contributed by atoms with van der Waals surface area (Å²) in [6, 6.07) is 12.0. The van der Waals surface area contributed by atoms with E-state index >= 15 is 0 Å². The Hall–Kier alpha value is -1.38. The van der Waals surface area contributed by atoms with Gasteiger partial charge in [-0.05, 0) is 23.6 Å². The second kappa shape index (κ2) is 6.69. The van der Waals surface area contributed by atoms with Crippen molar-refractivity contribution < 1.29 is 5.11 Å². The van der Waals surface area contributed by atoms with Gasteiger partial charge >= 0.3 is 0 Å². The molecule has 0 amide bonds. The molecule has 0 spiro atoms. The van der Waals surface area contributed by atoms with E-state index in [9.17, 15) is 5.11 Å². The second-order valence-corrected chi connectivity index (χ2v) is 5.07. The van der Waals surface area contributed by atoms with E-state index in [2.05, 4.69) is 24.0 Å². The Bertz CT molecular complexity index is 515. The molecular formula is C16H18ClNO. The average molecular weight is 276 g/mol. The van der Waals surface area contributed by atoms with E-state index in [1.165, 1.54) is 5.56 Å². The monoisotopic (exact) mass is 275 g/mol. The molecule has 2 nitrogen and oxygen atoms in total. The van der Waals surface area contributed by atoms with Crippen LogP contribution in [-0.2, 0) is 6.42 Å². The van der Waals surface area contributed by atoms with Crippen molar-refractivity contribution in [1.82, 2.24) is 4.98 Å². The predicted molar refractivity (Wildman–Crippen MR) is 78.4 cm³/mol. The van der Waals surface area contributed by atoms with E-state index in [0.717, 1.165) is 12.0 Å². The van der Waals surface area contributed by atoms with Gasteiger partial charge < -0.3 is 5.11 Å². The molecule has 2 aromatic rings. The highest BCUT2D eigenvalue weighted by molar-refractivity contribution is 6.31. The quantitative estimate of drug-likeness (QED) is 0.900. The molecule has 19 heavy (non-hydrogen) atoms. The van der Waals surface area contributed by atoms with Crippen LogP contribution in [0.2, 0.25) is 5.02 Å². The van der Waals surface area contributed by atoms with E-state index in [1.54, 1.807) is 12.4 Å². The van der Waals surface area contributed by atoms with Crippen molar-refractivity contribution in [3.63, 3.8) is 0 Å². The lowest BCUT2D eigenvalue weighted by Crippen LogP contribution is -2.20. The molecule has 0 aliphatic carbocycles. The normalized spacial score (nSPS) is 14.1. The van der Waals surface area contributed by atoms with E-state index in [0.29, 0.717) is 11.4 Å². The minimum Gasteiger partial charge on any atom is -0.392 e. The van der Waals surface area contributed by atoms with Gasteiger partial charge in [0, 0.05) is 24.7 Å². The molecule has 2 unspecified atom stereocenters. The zero-order chi connectivity index (χ0) is 13.7. The van der Waals surface area contributed by atoms with E-state index in [4.69, 9.17) is 11.6 Å². The summed E-state index contributed by atoms with van der Waals surface area (Å²) in [4.78, 5) is 3.96. The van der Waals surface area contributed by atoms with Crippen LogP contribution in [0.25, 0.3) is 0 Å². The number of aliphatic hydroxyl groups is 1. The van der Waals surface area contributed by atoms with Crippen LogP contribution < -0.4 is 0 Å². The molecular weight excluding hydrogens is 258 g/mol. The Morgan fingerprint density at radius 3 is 2.58 bits per heavy atom. The number of aromatic nitrogens is 1. The smallest absolute Gasteiger partial charge is 0.0649 e. The molecule has 0 saturated heterocycles. The van der Waals surface area contributed by atoms with E-state index < -0.39 is 6.10 Å². The predicted octanol–water partition coefficient (Wildman–Crippen LogP) is 3.83. The molecule has 2 rings (SSSR count). The summed E-state index contributed by atoms with van der Waals surface area (Å²) in [6.07, 6.45) is 4.33. The minimum atomic E-state index is -0.438. The summed E-state index contributed by atoms with van der Waals surface area (Å²) < 4.78 is 0. The van der Waals surface area contributed by atoms with Crippen LogP contribution >= 0.6 is 11.6 Å². The zero-order valence-corrected chi connectivity index (χ0v) is 11.7. The fourth-order valence-electron chi connectivity index (χ4n) is 2.37. The van der Waals surface area contributed by atoms with Gasteiger partial charge in [0.2, 0.25) is 0 Å². The number of rotatable bonds is 5. The summed E-state index contributed by atoms with van der Waals surface area (Å²) in [6.45, 7) is 2.09. The Balaban J connectivity index is 2.14. The first-order valence-electron chi connectivity index (χ1n) is 6.53. The summed E-state index contributed by atoms with van der Waals surface area (Å²) >= 11 is 6.09. The van der Waals surface area contributed by atoms with Gasteiger partial charge in [0.25, 0.3) is 0 Å². The molecule has 0 fully saturated rings. The van der Waals surface area contributed by atoms with Gasteiger partial charge in [-0.25, -0.2) is 0 Å². The third-order valence-electron chi connectivity index (χ3n) is 3.42. The fraction of sp³-hybridized carbons (Fsp3) is 0.312. The van der Waals surface area contributed by atoms with Crippen LogP contribution in [-0.4, -0.2) is 16.2 Å². The molecule has 1 N–H and O–H groups in total. The van der Waals surface area contributed by atoms with Gasteiger partial charge in [0.15, 0.2) is 0 Å². The first kappa shape index (κ1) is 14.0. The highest BCUT2D eigenvalue weighted by atomic mass is 35.5.